The first kappa shape index (κ1) is 19.3. The number of anilines is 1. The van der Waals surface area contributed by atoms with E-state index in [0.29, 0.717) is 30.0 Å². The second-order valence-corrected chi connectivity index (χ2v) is 6.31. The molecule has 1 fully saturated rings. The maximum atomic E-state index is 11.9. The largest absolute Gasteiger partial charge is 0.489 e. The molecule has 0 unspecified atom stereocenters. The summed E-state index contributed by atoms with van der Waals surface area (Å²) >= 11 is 0. The molecule has 0 atom stereocenters. The van der Waals surface area contributed by atoms with Crippen LogP contribution in [0.25, 0.3) is 0 Å². The molecule has 0 radical (unpaired) electrons. The molecule has 146 valence electrons. The number of carbonyl (C=O) groups is 2. The summed E-state index contributed by atoms with van der Waals surface area (Å²) in [4.78, 5) is 35.9. The molecule has 0 bridgehead atoms. The average Bonchev–Trinajstić information content (AvgIpc) is 3.11. The minimum atomic E-state index is -0.531. The van der Waals surface area contributed by atoms with Crippen LogP contribution < -0.4 is 14.4 Å². The molecule has 0 spiro atoms. The van der Waals surface area contributed by atoms with Crippen LogP contribution in [0.5, 0.6) is 11.5 Å². The minimum absolute atomic E-state index is 0.0102. The molecule has 1 saturated heterocycles. The summed E-state index contributed by atoms with van der Waals surface area (Å²) in [5, 5.41) is 11.3. The number of rotatable bonds is 8. The Morgan fingerprint density at radius 3 is 2.50 bits per heavy atom. The Balaban J connectivity index is 1.68. The van der Waals surface area contributed by atoms with Gasteiger partial charge in [-0.05, 0) is 31.5 Å². The van der Waals surface area contributed by atoms with E-state index in [1.807, 2.05) is 0 Å². The van der Waals surface area contributed by atoms with Gasteiger partial charge in [0, 0.05) is 30.8 Å². The third-order valence-corrected chi connectivity index (χ3v) is 4.39. The Bertz CT molecular complexity index is 911. The number of Topliss-reactive ketones (excluding diaryl/α,β-unsaturated/α-hetero) is 1. The summed E-state index contributed by atoms with van der Waals surface area (Å²) in [5.41, 5.74) is 0.855. The number of carbonyl (C=O) groups excluding carboxylic acids is 2. The molecule has 1 aliphatic rings. The molecule has 1 amide bonds. The van der Waals surface area contributed by atoms with Crippen molar-refractivity contribution in [3.8, 4) is 11.5 Å². The highest BCUT2D eigenvalue weighted by atomic mass is 16.6. The van der Waals surface area contributed by atoms with E-state index in [4.69, 9.17) is 9.47 Å². The zero-order valence-electron chi connectivity index (χ0n) is 15.4. The van der Waals surface area contributed by atoms with Crippen molar-refractivity contribution in [1.29, 1.82) is 0 Å². The highest BCUT2D eigenvalue weighted by Crippen LogP contribution is 2.33. The van der Waals surface area contributed by atoms with E-state index in [-0.39, 0.29) is 36.3 Å². The average molecular weight is 384 g/mol. The molecule has 1 aliphatic heterocycles. The number of nitro groups is 1. The van der Waals surface area contributed by atoms with E-state index in [9.17, 15) is 19.7 Å². The molecule has 8 heteroatoms. The van der Waals surface area contributed by atoms with Crippen molar-refractivity contribution < 1.29 is 24.0 Å². The van der Waals surface area contributed by atoms with Crippen molar-refractivity contribution >= 4 is 23.1 Å². The molecule has 28 heavy (non-hydrogen) atoms. The summed E-state index contributed by atoms with van der Waals surface area (Å²) in [6.07, 6.45) is 1.23. The summed E-state index contributed by atoms with van der Waals surface area (Å²) in [6.45, 7) is 2.19. The Kier molecular flexibility index (Phi) is 5.88. The Hall–Kier alpha value is -3.42. The molecule has 0 aliphatic carbocycles. The number of hydrogen-bond donors (Lipinski definition) is 0. The van der Waals surface area contributed by atoms with Crippen LogP contribution in [0.3, 0.4) is 0 Å². The number of ether oxygens (including phenoxy) is 2. The summed E-state index contributed by atoms with van der Waals surface area (Å²) < 4.78 is 11.2. The quantitative estimate of drug-likeness (QED) is 0.299. The lowest BCUT2D eigenvalue weighted by Crippen LogP contribution is -2.23. The van der Waals surface area contributed by atoms with Gasteiger partial charge < -0.3 is 14.4 Å². The van der Waals surface area contributed by atoms with Crippen LogP contribution in [0, 0.1) is 10.1 Å². The first-order chi connectivity index (χ1) is 13.5. The van der Waals surface area contributed by atoms with Crippen molar-refractivity contribution in [3.05, 3.63) is 58.1 Å². The van der Waals surface area contributed by atoms with Crippen LogP contribution >= 0.6 is 0 Å². The Labute approximate surface area is 161 Å². The Morgan fingerprint density at radius 1 is 1.14 bits per heavy atom. The highest BCUT2D eigenvalue weighted by molar-refractivity contribution is 5.97. The van der Waals surface area contributed by atoms with Crippen molar-refractivity contribution in [3.63, 3.8) is 0 Å². The van der Waals surface area contributed by atoms with E-state index in [1.165, 1.54) is 19.1 Å². The SMILES string of the molecule is CC(=O)c1ccccc1OCCOc1cc(N2CCCC2=O)ccc1[N+](=O)[O-]. The van der Waals surface area contributed by atoms with Crippen LogP contribution in [0.1, 0.15) is 30.1 Å². The second kappa shape index (κ2) is 8.51. The molecule has 2 aromatic carbocycles. The third-order valence-electron chi connectivity index (χ3n) is 4.39. The molecule has 8 nitrogen and oxygen atoms in total. The van der Waals surface area contributed by atoms with Gasteiger partial charge >= 0.3 is 5.69 Å². The van der Waals surface area contributed by atoms with Crippen LogP contribution in [-0.4, -0.2) is 36.4 Å². The van der Waals surface area contributed by atoms with Gasteiger partial charge in [0.1, 0.15) is 19.0 Å². The first-order valence-corrected chi connectivity index (χ1v) is 8.91. The van der Waals surface area contributed by atoms with Crippen LogP contribution in [-0.2, 0) is 4.79 Å². The van der Waals surface area contributed by atoms with Gasteiger partial charge in [-0.15, -0.1) is 0 Å². The zero-order valence-corrected chi connectivity index (χ0v) is 15.4. The van der Waals surface area contributed by atoms with E-state index in [2.05, 4.69) is 0 Å². The molecule has 0 aromatic heterocycles. The lowest BCUT2D eigenvalue weighted by molar-refractivity contribution is -0.385. The second-order valence-electron chi connectivity index (χ2n) is 6.31. The fraction of sp³-hybridized carbons (Fsp3) is 0.300. The van der Waals surface area contributed by atoms with Gasteiger partial charge in [0.2, 0.25) is 5.91 Å². The van der Waals surface area contributed by atoms with Gasteiger partial charge in [0.25, 0.3) is 0 Å². The molecule has 2 aromatic rings. The molecule has 0 saturated carbocycles. The van der Waals surface area contributed by atoms with Crippen LogP contribution in [0.15, 0.2) is 42.5 Å². The molecule has 0 N–H and O–H groups in total. The van der Waals surface area contributed by atoms with E-state index in [1.54, 1.807) is 35.2 Å². The van der Waals surface area contributed by atoms with Gasteiger partial charge in [-0.25, -0.2) is 0 Å². The first-order valence-electron chi connectivity index (χ1n) is 8.91. The van der Waals surface area contributed by atoms with Crippen molar-refractivity contribution in [1.82, 2.24) is 0 Å². The monoisotopic (exact) mass is 384 g/mol. The number of benzene rings is 2. The Morgan fingerprint density at radius 2 is 1.86 bits per heavy atom. The number of nitrogens with zero attached hydrogens (tertiary/aromatic N) is 2. The fourth-order valence-corrected chi connectivity index (χ4v) is 3.04. The summed E-state index contributed by atoms with van der Waals surface area (Å²) in [6, 6.07) is 11.2. The minimum Gasteiger partial charge on any atom is -0.489 e. The van der Waals surface area contributed by atoms with Crippen molar-refractivity contribution in [2.45, 2.75) is 19.8 Å². The smallest absolute Gasteiger partial charge is 0.311 e. The van der Waals surface area contributed by atoms with Gasteiger partial charge in [-0.2, -0.15) is 0 Å². The van der Waals surface area contributed by atoms with E-state index < -0.39 is 4.92 Å². The van der Waals surface area contributed by atoms with Gasteiger partial charge in [0.15, 0.2) is 11.5 Å². The number of para-hydroxylation sites is 1. The lowest BCUT2D eigenvalue weighted by atomic mass is 10.1. The lowest BCUT2D eigenvalue weighted by Gasteiger charge is -2.17. The number of nitro benzene ring substituents is 1. The molecule has 3 rings (SSSR count). The summed E-state index contributed by atoms with van der Waals surface area (Å²) in [7, 11) is 0. The van der Waals surface area contributed by atoms with Gasteiger partial charge in [0.05, 0.1) is 10.5 Å². The number of ketones is 1. The molecular formula is C20H20N2O6. The topological polar surface area (TPSA) is 99.0 Å². The summed E-state index contributed by atoms with van der Waals surface area (Å²) in [5.74, 6) is 0.384. The van der Waals surface area contributed by atoms with Crippen LogP contribution in [0.2, 0.25) is 0 Å². The third kappa shape index (κ3) is 4.28. The number of amides is 1. The maximum absolute atomic E-state index is 11.9. The van der Waals surface area contributed by atoms with Crippen molar-refractivity contribution in [2.75, 3.05) is 24.7 Å². The fourth-order valence-electron chi connectivity index (χ4n) is 3.04. The highest BCUT2D eigenvalue weighted by Gasteiger charge is 2.24. The predicted molar refractivity (Wildman–Crippen MR) is 102 cm³/mol. The standard InChI is InChI=1S/C20H20N2O6/c1-14(23)16-5-2-3-6-18(16)27-11-12-28-19-13-15(8-9-17(19)22(25)26)21-10-4-7-20(21)24/h2-3,5-6,8-9,13H,4,7,10-12H2,1H3. The van der Waals surface area contributed by atoms with Crippen LogP contribution in [0.4, 0.5) is 11.4 Å². The maximum Gasteiger partial charge on any atom is 0.311 e. The zero-order chi connectivity index (χ0) is 20.1. The normalized spacial score (nSPS) is 13.5. The van der Waals surface area contributed by atoms with Gasteiger partial charge in [-0.3, -0.25) is 19.7 Å². The van der Waals surface area contributed by atoms with E-state index in [0.717, 1.165) is 6.42 Å². The molecule has 1 heterocycles. The van der Waals surface area contributed by atoms with Crippen molar-refractivity contribution in [2.24, 2.45) is 0 Å². The number of hydrogen-bond acceptors (Lipinski definition) is 6. The van der Waals surface area contributed by atoms with E-state index >= 15 is 0 Å². The molecular weight excluding hydrogens is 364 g/mol. The van der Waals surface area contributed by atoms with Gasteiger partial charge in [-0.1, -0.05) is 12.1 Å². The predicted octanol–water partition coefficient (Wildman–Crippen LogP) is 3.38.